The van der Waals surface area contributed by atoms with Crippen molar-refractivity contribution in [1.82, 2.24) is 14.3 Å². The molecule has 2 N–H and O–H groups in total. The van der Waals surface area contributed by atoms with Crippen molar-refractivity contribution in [1.29, 1.82) is 0 Å². The number of nitro benzene ring substituents is 1. The van der Waals surface area contributed by atoms with Gasteiger partial charge in [-0.15, -0.1) is 0 Å². The molecule has 8 nitrogen and oxygen atoms in total. The minimum absolute atomic E-state index is 0.211. The Morgan fingerprint density at radius 2 is 1.96 bits per heavy atom. The molecule has 1 aromatic carbocycles. The zero-order chi connectivity index (χ0) is 18.3. The summed E-state index contributed by atoms with van der Waals surface area (Å²) in [7, 11) is 3.80. The van der Waals surface area contributed by atoms with Crippen LogP contribution in [0.5, 0.6) is 11.5 Å². The Kier molecular flexibility index (Phi) is 4.05. The molecule has 25 heavy (non-hydrogen) atoms. The SMILES string of the molecule is Cc1ccn2c(CN(C)C)c(-c3cc([N+](=O)[O-])c(O)cc3O)nc2c1. The highest BCUT2D eigenvalue weighted by Crippen LogP contribution is 2.39. The van der Waals surface area contributed by atoms with Gasteiger partial charge in [0.05, 0.1) is 21.9 Å². The van der Waals surface area contributed by atoms with E-state index in [1.807, 2.05) is 48.6 Å². The van der Waals surface area contributed by atoms with Gasteiger partial charge in [-0.1, -0.05) is 0 Å². The monoisotopic (exact) mass is 342 g/mol. The summed E-state index contributed by atoms with van der Waals surface area (Å²) in [5, 5.41) is 31.1. The molecular weight excluding hydrogens is 324 g/mol. The second-order valence-electron chi connectivity index (χ2n) is 6.19. The van der Waals surface area contributed by atoms with Crippen molar-refractivity contribution >= 4 is 11.3 Å². The van der Waals surface area contributed by atoms with Crippen LogP contribution in [0, 0.1) is 17.0 Å². The Morgan fingerprint density at radius 1 is 1.24 bits per heavy atom. The van der Waals surface area contributed by atoms with Gasteiger partial charge in [-0.3, -0.25) is 10.1 Å². The number of benzene rings is 1. The molecule has 0 saturated carbocycles. The Balaban J connectivity index is 2.31. The van der Waals surface area contributed by atoms with Gasteiger partial charge in [-0.25, -0.2) is 4.98 Å². The summed E-state index contributed by atoms with van der Waals surface area (Å²) in [5.74, 6) is -0.844. The molecular formula is C17H18N4O4. The van der Waals surface area contributed by atoms with E-state index < -0.39 is 16.4 Å². The fraction of sp³-hybridized carbons (Fsp3) is 0.235. The summed E-state index contributed by atoms with van der Waals surface area (Å²) in [6, 6.07) is 5.96. The zero-order valence-electron chi connectivity index (χ0n) is 14.1. The molecule has 0 fully saturated rings. The number of phenols is 2. The smallest absolute Gasteiger partial charge is 0.311 e. The van der Waals surface area contributed by atoms with Crippen molar-refractivity contribution in [2.45, 2.75) is 13.5 Å². The van der Waals surface area contributed by atoms with Crippen molar-refractivity contribution in [3.05, 3.63) is 51.8 Å². The van der Waals surface area contributed by atoms with E-state index in [4.69, 9.17) is 0 Å². The number of nitro groups is 1. The van der Waals surface area contributed by atoms with Gasteiger partial charge in [0.1, 0.15) is 11.4 Å². The molecule has 0 bridgehead atoms. The first-order valence-corrected chi connectivity index (χ1v) is 7.61. The first-order chi connectivity index (χ1) is 11.8. The van der Waals surface area contributed by atoms with Gasteiger partial charge >= 0.3 is 5.69 Å². The number of imidazole rings is 1. The number of pyridine rings is 1. The van der Waals surface area contributed by atoms with Crippen LogP contribution in [0.1, 0.15) is 11.3 Å². The number of fused-ring (bicyclic) bond motifs is 1. The molecule has 0 spiro atoms. The molecule has 0 unspecified atom stereocenters. The van der Waals surface area contributed by atoms with Crippen molar-refractivity contribution < 1.29 is 15.1 Å². The van der Waals surface area contributed by atoms with Gasteiger partial charge in [0.15, 0.2) is 5.75 Å². The van der Waals surface area contributed by atoms with Gasteiger partial charge in [0.25, 0.3) is 0 Å². The van der Waals surface area contributed by atoms with E-state index in [0.29, 0.717) is 17.9 Å². The second-order valence-corrected chi connectivity index (χ2v) is 6.19. The average Bonchev–Trinajstić information content (AvgIpc) is 2.83. The molecule has 8 heteroatoms. The Morgan fingerprint density at radius 3 is 2.60 bits per heavy atom. The predicted molar refractivity (Wildman–Crippen MR) is 92.7 cm³/mol. The van der Waals surface area contributed by atoms with E-state index in [0.717, 1.165) is 23.4 Å². The van der Waals surface area contributed by atoms with Crippen LogP contribution in [-0.2, 0) is 6.54 Å². The van der Waals surface area contributed by atoms with Crippen LogP contribution in [-0.4, -0.2) is 43.5 Å². The molecule has 0 aliphatic heterocycles. The number of hydrogen-bond donors (Lipinski definition) is 2. The molecule has 0 amide bonds. The van der Waals surface area contributed by atoms with Crippen LogP contribution in [0.4, 0.5) is 5.69 Å². The van der Waals surface area contributed by atoms with Crippen molar-refractivity contribution in [3.63, 3.8) is 0 Å². The van der Waals surface area contributed by atoms with Gasteiger partial charge in [0.2, 0.25) is 0 Å². The summed E-state index contributed by atoms with van der Waals surface area (Å²) in [5.41, 5.74) is 2.68. The van der Waals surface area contributed by atoms with E-state index >= 15 is 0 Å². The van der Waals surface area contributed by atoms with Gasteiger partial charge < -0.3 is 19.5 Å². The van der Waals surface area contributed by atoms with Crippen LogP contribution in [0.3, 0.4) is 0 Å². The van der Waals surface area contributed by atoms with Crippen LogP contribution in [0.25, 0.3) is 16.9 Å². The predicted octanol–water partition coefficient (Wildman–Crippen LogP) is 2.69. The highest BCUT2D eigenvalue weighted by Gasteiger charge is 2.23. The maximum atomic E-state index is 11.1. The van der Waals surface area contributed by atoms with Crippen molar-refractivity contribution in [2.24, 2.45) is 0 Å². The van der Waals surface area contributed by atoms with E-state index in [1.54, 1.807) is 0 Å². The van der Waals surface area contributed by atoms with Gasteiger partial charge in [0, 0.05) is 24.9 Å². The number of hydrogen-bond acceptors (Lipinski definition) is 6. The lowest BCUT2D eigenvalue weighted by Gasteiger charge is -2.12. The maximum Gasteiger partial charge on any atom is 0.311 e. The minimum Gasteiger partial charge on any atom is -0.507 e. The molecule has 2 heterocycles. The average molecular weight is 342 g/mol. The third-order valence-corrected chi connectivity index (χ3v) is 3.89. The summed E-state index contributed by atoms with van der Waals surface area (Å²) >= 11 is 0. The molecule has 3 aromatic rings. The zero-order valence-corrected chi connectivity index (χ0v) is 14.1. The molecule has 3 rings (SSSR count). The van der Waals surface area contributed by atoms with E-state index in [1.165, 1.54) is 0 Å². The van der Waals surface area contributed by atoms with E-state index in [9.17, 15) is 20.3 Å². The number of rotatable bonds is 4. The lowest BCUT2D eigenvalue weighted by Crippen LogP contribution is -2.13. The highest BCUT2D eigenvalue weighted by molar-refractivity contribution is 5.76. The summed E-state index contributed by atoms with van der Waals surface area (Å²) < 4.78 is 1.89. The number of aromatic nitrogens is 2. The number of aryl methyl sites for hydroxylation is 1. The topological polar surface area (TPSA) is 104 Å². The molecule has 0 atom stereocenters. The minimum atomic E-state index is -0.691. The number of phenolic OH excluding ortho intramolecular Hbond substituents is 2. The third-order valence-electron chi connectivity index (χ3n) is 3.89. The number of aromatic hydroxyl groups is 2. The molecule has 0 aliphatic carbocycles. The van der Waals surface area contributed by atoms with Crippen LogP contribution >= 0.6 is 0 Å². The standard InChI is InChI=1S/C17H18N4O4/c1-10-4-5-20-13(9-19(2)3)17(18-16(20)6-10)11-7-12(21(24)25)15(23)8-14(11)22/h4-8,22-23H,9H2,1-3H3. The van der Waals surface area contributed by atoms with E-state index in [-0.39, 0.29) is 11.3 Å². The van der Waals surface area contributed by atoms with Crippen molar-refractivity contribution in [2.75, 3.05) is 14.1 Å². The normalized spacial score (nSPS) is 11.4. The second kappa shape index (κ2) is 6.06. The quantitative estimate of drug-likeness (QED) is 0.558. The molecule has 0 radical (unpaired) electrons. The lowest BCUT2D eigenvalue weighted by molar-refractivity contribution is -0.385. The van der Waals surface area contributed by atoms with E-state index in [2.05, 4.69) is 4.98 Å². The molecule has 0 aliphatic rings. The third kappa shape index (κ3) is 2.99. The first-order valence-electron chi connectivity index (χ1n) is 7.61. The van der Waals surface area contributed by atoms with Crippen LogP contribution in [0.2, 0.25) is 0 Å². The fourth-order valence-corrected chi connectivity index (χ4v) is 2.77. The first kappa shape index (κ1) is 16.7. The largest absolute Gasteiger partial charge is 0.507 e. The Bertz CT molecular complexity index is 978. The van der Waals surface area contributed by atoms with Gasteiger partial charge in [-0.05, 0) is 38.7 Å². The number of nitrogens with zero attached hydrogens (tertiary/aromatic N) is 4. The maximum absolute atomic E-state index is 11.1. The fourth-order valence-electron chi connectivity index (χ4n) is 2.77. The lowest BCUT2D eigenvalue weighted by atomic mass is 10.1. The van der Waals surface area contributed by atoms with Crippen LogP contribution < -0.4 is 0 Å². The summed E-state index contributed by atoms with van der Waals surface area (Å²) in [6.07, 6.45) is 1.88. The van der Waals surface area contributed by atoms with Crippen LogP contribution in [0.15, 0.2) is 30.5 Å². The summed E-state index contributed by atoms with van der Waals surface area (Å²) in [4.78, 5) is 16.9. The Labute approximate surface area is 143 Å². The molecule has 130 valence electrons. The van der Waals surface area contributed by atoms with Crippen molar-refractivity contribution in [3.8, 4) is 22.8 Å². The molecule has 0 saturated heterocycles. The van der Waals surface area contributed by atoms with Gasteiger partial charge in [-0.2, -0.15) is 0 Å². The molecule has 2 aromatic heterocycles. The highest BCUT2D eigenvalue weighted by atomic mass is 16.6. The summed E-state index contributed by atoms with van der Waals surface area (Å²) in [6.45, 7) is 2.47. The Hall–Kier alpha value is -3.13.